The number of hydrogen-bond acceptors (Lipinski definition) is 5. The molecule has 1 unspecified atom stereocenters. The number of nitrogens with zero attached hydrogens (tertiary/aromatic N) is 3. The van der Waals surface area contributed by atoms with Crippen molar-refractivity contribution in [2.75, 3.05) is 0 Å². The zero-order valence-corrected chi connectivity index (χ0v) is 17.3. The zero-order chi connectivity index (χ0) is 21.5. The molecule has 5 nitrogen and oxygen atoms in total. The average Bonchev–Trinajstić information content (AvgIpc) is 2.85. The van der Waals surface area contributed by atoms with Crippen LogP contribution in [-0.2, 0) is 15.1 Å². The van der Waals surface area contributed by atoms with E-state index < -0.39 is 5.60 Å². The highest BCUT2D eigenvalue weighted by atomic mass is 16.6. The van der Waals surface area contributed by atoms with Gasteiger partial charge in [-0.3, -0.25) is 19.7 Å². The van der Waals surface area contributed by atoms with E-state index in [0.29, 0.717) is 6.42 Å². The molecular formula is C26H23N3O2. The van der Waals surface area contributed by atoms with E-state index in [-0.39, 0.29) is 11.9 Å². The van der Waals surface area contributed by atoms with Crippen LogP contribution in [0.15, 0.2) is 104 Å². The molecule has 0 amide bonds. The first-order chi connectivity index (χ1) is 15.3. The molecular weight excluding hydrogens is 386 g/mol. The van der Waals surface area contributed by atoms with Gasteiger partial charge in [0.15, 0.2) is 5.60 Å². The highest BCUT2D eigenvalue weighted by Gasteiger charge is 2.42. The summed E-state index contributed by atoms with van der Waals surface area (Å²) >= 11 is 0. The molecule has 0 radical (unpaired) electrons. The molecule has 0 aliphatic carbocycles. The Morgan fingerprint density at radius 1 is 0.742 bits per heavy atom. The Kier molecular flexibility index (Phi) is 6.13. The van der Waals surface area contributed by atoms with Gasteiger partial charge in [-0.15, -0.1) is 0 Å². The van der Waals surface area contributed by atoms with Crippen LogP contribution >= 0.6 is 0 Å². The number of hydrogen-bond donors (Lipinski definition) is 0. The van der Waals surface area contributed by atoms with Crippen molar-refractivity contribution in [1.29, 1.82) is 0 Å². The third kappa shape index (κ3) is 4.08. The number of rotatable bonds is 7. The first-order valence-corrected chi connectivity index (χ1v) is 10.2. The van der Waals surface area contributed by atoms with Crippen LogP contribution in [0.5, 0.6) is 0 Å². The Morgan fingerprint density at radius 2 is 1.16 bits per heavy atom. The van der Waals surface area contributed by atoms with Gasteiger partial charge in [-0.25, -0.2) is 0 Å². The molecule has 0 saturated carbocycles. The highest BCUT2D eigenvalue weighted by molar-refractivity contribution is 5.79. The summed E-state index contributed by atoms with van der Waals surface area (Å²) in [6.07, 6.45) is 10.8. The van der Waals surface area contributed by atoms with Crippen LogP contribution in [0.4, 0.5) is 0 Å². The lowest BCUT2D eigenvalue weighted by Crippen LogP contribution is -2.37. The lowest BCUT2D eigenvalue weighted by molar-refractivity contribution is -0.155. The predicted octanol–water partition coefficient (Wildman–Crippen LogP) is 4.90. The van der Waals surface area contributed by atoms with Crippen LogP contribution in [0.3, 0.4) is 0 Å². The zero-order valence-electron chi connectivity index (χ0n) is 17.3. The van der Waals surface area contributed by atoms with Crippen molar-refractivity contribution < 1.29 is 9.53 Å². The molecule has 154 valence electrons. The summed E-state index contributed by atoms with van der Waals surface area (Å²) in [6.45, 7) is 1.99. The van der Waals surface area contributed by atoms with Crippen LogP contribution < -0.4 is 0 Å². The number of ether oxygens (including phenoxy) is 1. The lowest BCUT2D eigenvalue weighted by Gasteiger charge is -2.36. The quantitative estimate of drug-likeness (QED) is 0.406. The molecule has 0 spiro atoms. The molecule has 31 heavy (non-hydrogen) atoms. The first-order valence-electron chi connectivity index (χ1n) is 10.2. The Labute approximate surface area is 181 Å². The number of benzene rings is 1. The third-order valence-corrected chi connectivity index (χ3v) is 5.41. The lowest BCUT2D eigenvalue weighted by atomic mass is 9.81. The molecule has 0 N–H and O–H groups in total. The maximum absolute atomic E-state index is 13.6. The van der Waals surface area contributed by atoms with Gasteiger partial charge in [-0.05, 0) is 48.4 Å². The molecule has 3 heterocycles. The van der Waals surface area contributed by atoms with Gasteiger partial charge in [0, 0.05) is 53.9 Å². The van der Waals surface area contributed by atoms with Crippen LogP contribution in [-0.4, -0.2) is 20.9 Å². The second-order valence-electron chi connectivity index (χ2n) is 7.18. The summed E-state index contributed by atoms with van der Waals surface area (Å²) in [5.74, 6) is -0.676. The normalized spacial score (nSPS) is 12.2. The molecule has 0 saturated heterocycles. The van der Waals surface area contributed by atoms with E-state index in [2.05, 4.69) is 15.0 Å². The minimum absolute atomic E-state index is 0.292. The van der Waals surface area contributed by atoms with Gasteiger partial charge < -0.3 is 4.74 Å². The summed E-state index contributed by atoms with van der Waals surface area (Å²) in [5, 5.41) is 0. The summed E-state index contributed by atoms with van der Waals surface area (Å²) in [4.78, 5) is 26.1. The van der Waals surface area contributed by atoms with Crippen LogP contribution in [0, 0.1) is 0 Å². The van der Waals surface area contributed by atoms with Gasteiger partial charge in [0.1, 0.15) is 0 Å². The standard InChI is InChI=1S/C26H23N3O2/c1-2-24(20-6-4-3-5-7-20)25(30)31-26(21-8-14-27-15-9-21,22-10-16-28-17-11-22)23-12-18-29-19-13-23/h3-19,24H,2H2,1H3. The Bertz CT molecular complexity index is 1010. The average molecular weight is 409 g/mol. The van der Waals surface area contributed by atoms with E-state index in [0.717, 1.165) is 22.3 Å². The highest BCUT2D eigenvalue weighted by Crippen LogP contribution is 2.41. The number of carbonyl (C=O) groups is 1. The van der Waals surface area contributed by atoms with Gasteiger partial charge in [0.2, 0.25) is 0 Å². The summed E-state index contributed by atoms with van der Waals surface area (Å²) in [7, 11) is 0. The second-order valence-corrected chi connectivity index (χ2v) is 7.18. The number of aromatic nitrogens is 3. The van der Waals surface area contributed by atoms with Crippen LogP contribution in [0.2, 0.25) is 0 Å². The van der Waals surface area contributed by atoms with E-state index in [1.165, 1.54) is 0 Å². The number of carbonyl (C=O) groups excluding carboxylic acids is 1. The molecule has 0 aliphatic heterocycles. The van der Waals surface area contributed by atoms with Gasteiger partial charge in [0.05, 0.1) is 5.92 Å². The van der Waals surface area contributed by atoms with Crippen molar-refractivity contribution in [3.63, 3.8) is 0 Å². The molecule has 3 aromatic heterocycles. The minimum Gasteiger partial charge on any atom is -0.444 e. The number of esters is 1. The Morgan fingerprint density at radius 3 is 1.55 bits per heavy atom. The molecule has 4 aromatic rings. The van der Waals surface area contributed by atoms with E-state index in [1.807, 2.05) is 73.7 Å². The number of pyridine rings is 3. The van der Waals surface area contributed by atoms with Crippen molar-refractivity contribution in [2.24, 2.45) is 0 Å². The fraction of sp³-hybridized carbons (Fsp3) is 0.154. The maximum atomic E-state index is 13.6. The molecule has 1 aromatic carbocycles. The molecule has 1 atom stereocenters. The van der Waals surface area contributed by atoms with Crippen molar-refractivity contribution >= 4 is 5.97 Å². The Balaban J connectivity index is 1.89. The largest absolute Gasteiger partial charge is 0.444 e. The first kappa shape index (κ1) is 20.4. The predicted molar refractivity (Wildman–Crippen MR) is 118 cm³/mol. The van der Waals surface area contributed by atoms with E-state index in [9.17, 15) is 4.79 Å². The smallest absolute Gasteiger partial charge is 0.314 e. The maximum Gasteiger partial charge on any atom is 0.314 e. The monoisotopic (exact) mass is 409 g/mol. The van der Waals surface area contributed by atoms with Gasteiger partial charge in [-0.1, -0.05) is 37.3 Å². The molecule has 0 aliphatic rings. The van der Waals surface area contributed by atoms with Crippen molar-refractivity contribution in [3.05, 3.63) is 126 Å². The van der Waals surface area contributed by atoms with Crippen molar-refractivity contribution in [2.45, 2.75) is 24.9 Å². The fourth-order valence-corrected chi connectivity index (χ4v) is 3.88. The van der Waals surface area contributed by atoms with Gasteiger partial charge in [-0.2, -0.15) is 0 Å². The SMILES string of the molecule is CCC(C(=O)OC(c1ccncc1)(c1ccncc1)c1ccncc1)c1ccccc1. The summed E-state index contributed by atoms with van der Waals surface area (Å²) in [5.41, 5.74) is 2.18. The van der Waals surface area contributed by atoms with E-state index >= 15 is 0 Å². The minimum atomic E-state index is -1.16. The topological polar surface area (TPSA) is 65.0 Å². The molecule has 0 bridgehead atoms. The second kappa shape index (κ2) is 9.30. The fourth-order valence-electron chi connectivity index (χ4n) is 3.88. The summed E-state index contributed by atoms with van der Waals surface area (Å²) < 4.78 is 6.48. The van der Waals surface area contributed by atoms with Crippen LogP contribution in [0.1, 0.15) is 41.5 Å². The Hall–Kier alpha value is -3.86. The van der Waals surface area contributed by atoms with Crippen molar-refractivity contribution in [3.8, 4) is 0 Å². The summed E-state index contributed by atoms with van der Waals surface area (Å²) in [6, 6.07) is 21.0. The third-order valence-electron chi connectivity index (χ3n) is 5.41. The molecule has 5 heteroatoms. The van der Waals surface area contributed by atoms with E-state index in [4.69, 9.17) is 4.74 Å². The van der Waals surface area contributed by atoms with Crippen LogP contribution in [0.25, 0.3) is 0 Å². The molecule has 0 fully saturated rings. The molecule has 4 rings (SSSR count). The van der Waals surface area contributed by atoms with E-state index in [1.54, 1.807) is 37.2 Å². The van der Waals surface area contributed by atoms with Gasteiger partial charge in [0.25, 0.3) is 0 Å². The van der Waals surface area contributed by atoms with Gasteiger partial charge >= 0.3 is 5.97 Å². The van der Waals surface area contributed by atoms with Crippen molar-refractivity contribution in [1.82, 2.24) is 15.0 Å².